The molecule has 118 valence electrons. The predicted octanol–water partition coefficient (Wildman–Crippen LogP) is 2.55. The molecule has 3 aromatic rings. The Balaban J connectivity index is 1.84. The van der Waals surface area contributed by atoms with E-state index in [0.717, 1.165) is 6.42 Å². The number of hydrogen-bond acceptors (Lipinski definition) is 5. The van der Waals surface area contributed by atoms with Crippen LogP contribution in [0.4, 0.5) is 15.9 Å². The Labute approximate surface area is 131 Å². The van der Waals surface area contributed by atoms with E-state index >= 15 is 0 Å². The smallest absolute Gasteiger partial charge is 0.135 e. The number of nitrogens with one attached hydrogen (secondary N) is 2. The fourth-order valence-electron chi connectivity index (χ4n) is 2.89. The van der Waals surface area contributed by atoms with Crippen molar-refractivity contribution in [2.45, 2.75) is 12.5 Å². The Morgan fingerprint density at radius 2 is 2.26 bits per heavy atom. The van der Waals surface area contributed by atoms with Crippen molar-refractivity contribution in [2.24, 2.45) is 0 Å². The summed E-state index contributed by atoms with van der Waals surface area (Å²) in [4.78, 5) is 4.27. The molecule has 0 unspecified atom stereocenters. The van der Waals surface area contributed by atoms with Crippen LogP contribution >= 0.6 is 0 Å². The van der Waals surface area contributed by atoms with Gasteiger partial charge in [-0.2, -0.15) is 5.10 Å². The molecule has 0 bridgehead atoms. The zero-order chi connectivity index (χ0) is 15.8. The predicted molar refractivity (Wildman–Crippen MR) is 86.5 cm³/mol. The van der Waals surface area contributed by atoms with Crippen LogP contribution in [0, 0.1) is 5.82 Å². The Kier molecular flexibility index (Phi) is 3.34. The largest absolute Gasteiger partial charge is 0.384 e. The number of halogens is 1. The third kappa shape index (κ3) is 2.59. The first-order chi connectivity index (χ1) is 11.2. The molecule has 1 saturated heterocycles. The highest BCUT2D eigenvalue weighted by Gasteiger charge is 2.19. The minimum atomic E-state index is -0.352. The van der Waals surface area contributed by atoms with Gasteiger partial charge in [0.05, 0.1) is 34.9 Å². The highest BCUT2D eigenvalue weighted by Crippen LogP contribution is 2.32. The lowest BCUT2D eigenvalue weighted by Crippen LogP contribution is -2.19. The topological polar surface area (TPSA) is 88.9 Å². The molecule has 6 nitrogen and oxygen atoms in total. The molecule has 23 heavy (non-hydrogen) atoms. The van der Waals surface area contributed by atoms with Crippen molar-refractivity contribution in [3.63, 3.8) is 0 Å². The number of rotatable bonds is 3. The van der Waals surface area contributed by atoms with Crippen LogP contribution in [-0.4, -0.2) is 34.4 Å². The molecule has 7 heteroatoms. The number of aromatic nitrogens is 3. The van der Waals surface area contributed by atoms with E-state index < -0.39 is 0 Å². The van der Waals surface area contributed by atoms with Gasteiger partial charge in [0.1, 0.15) is 11.6 Å². The van der Waals surface area contributed by atoms with Crippen LogP contribution < -0.4 is 11.1 Å². The first-order valence-electron chi connectivity index (χ1n) is 7.45. The summed E-state index contributed by atoms with van der Waals surface area (Å²) < 4.78 is 20.1. The molecule has 2 aromatic heterocycles. The molecule has 0 saturated carbocycles. The molecule has 1 aliphatic rings. The van der Waals surface area contributed by atoms with Gasteiger partial charge in [-0.05, 0) is 24.6 Å². The van der Waals surface area contributed by atoms with E-state index in [9.17, 15) is 4.39 Å². The van der Waals surface area contributed by atoms with Gasteiger partial charge in [0, 0.05) is 24.4 Å². The highest BCUT2D eigenvalue weighted by molar-refractivity contribution is 5.95. The summed E-state index contributed by atoms with van der Waals surface area (Å²) in [7, 11) is 0. The van der Waals surface area contributed by atoms with Crippen molar-refractivity contribution in [1.82, 2.24) is 15.2 Å². The van der Waals surface area contributed by atoms with Gasteiger partial charge < -0.3 is 15.8 Å². The van der Waals surface area contributed by atoms with E-state index in [-0.39, 0.29) is 11.9 Å². The molecular formula is C16H16FN5O. The zero-order valence-electron chi connectivity index (χ0n) is 12.3. The second kappa shape index (κ2) is 5.51. The monoisotopic (exact) mass is 313 g/mol. The Hall–Kier alpha value is -2.67. The molecule has 0 radical (unpaired) electrons. The Bertz CT molecular complexity index is 843. The molecule has 3 heterocycles. The van der Waals surface area contributed by atoms with Crippen molar-refractivity contribution in [2.75, 3.05) is 24.3 Å². The van der Waals surface area contributed by atoms with E-state index in [4.69, 9.17) is 10.5 Å². The maximum atomic E-state index is 14.7. The molecule has 4 N–H and O–H groups in total. The molecule has 0 aliphatic carbocycles. The molecular weight excluding hydrogens is 297 g/mol. The summed E-state index contributed by atoms with van der Waals surface area (Å²) >= 11 is 0. The second-order valence-corrected chi connectivity index (χ2v) is 5.61. The number of anilines is 2. The average Bonchev–Trinajstić information content (AvgIpc) is 3.19. The Morgan fingerprint density at radius 3 is 3.00 bits per heavy atom. The summed E-state index contributed by atoms with van der Waals surface area (Å²) in [6, 6.07) is 6.86. The first kappa shape index (κ1) is 14.0. The van der Waals surface area contributed by atoms with E-state index in [2.05, 4.69) is 20.5 Å². The van der Waals surface area contributed by atoms with Gasteiger partial charge in [0.2, 0.25) is 0 Å². The number of nitrogens with two attached hydrogens (primary N) is 1. The van der Waals surface area contributed by atoms with Gasteiger partial charge in [0.25, 0.3) is 0 Å². The minimum Gasteiger partial charge on any atom is -0.384 e. The van der Waals surface area contributed by atoms with Crippen molar-refractivity contribution >= 4 is 22.4 Å². The van der Waals surface area contributed by atoms with Gasteiger partial charge in [0.15, 0.2) is 0 Å². The van der Waals surface area contributed by atoms with Crippen LogP contribution in [0.1, 0.15) is 6.42 Å². The number of pyridine rings is 1. The molecule has 0 spiro atoms. The summed E-state index contributed by atoms with van der Waals surface area (Å²) in [5.41, 5.74) is 8.36. The van der Waals surface area contributed by atoms with E-state index in [1.807, 2.05) is 0 Å². The van der Waals surface area contributed by atoms with E-state index in [0.29, 0.717) is 46.9 Å². The lowest BCUT2D eigenvalue weighted by Gasteiger charge is -2.16. The SMILES string of the molecule is Nc1cc(N[C@H]2CCOC2)c2c(F)cc(-c3cc[nH]n3)cc2n1. The van der Waals surface area contributed by atoms with Gasteiger partial charge >= 0.3 is 0 Å². The molecule has 1 aliphatic heterocycles. The van der Waals surface area contributed by atoms with Gasteiger partial charge in [-0.15, -0.1) is 0 Å². The van der Waals surface area contributed by atoms with Crippen LogP contribution in [0.15, 0.2) is 30.5 Å². The lowest BCUT2D eigenvalue weighted by molar-refractivity contribution is 0.195. The van der Waals surface area contributed by atoms with Crippen molar-refractivity contribution in [3.8, 4) is 11.3 Å². The number of nitrogen functional groups attached to an aromatic ring is 1. The maximum absolute atomic E-state index is 14.7. The van der Waals surface area contributed by atoms with E-state index in [1.54, 1.807) is 24.4 Å². The quantitative estimate of drug-likeness (QED) is 0.691. The minimum absolute atomic E-state index is 0.158. The number of H-pyrrole nitrogens is 1. The van der Waals surface area contributed by atoms with Crippen molar-refractivity contribution < 1.29 is 9.13 Å². The van der Waals surface area contributed by atoms with Crippen LogP contribution in [0.3, 0.4) is 0 Å². The number of aromatic amines is 1. The molecule has 1 atom stereocenters. The summed E-state index contributed by atoms with van der Waals surface area (Å²) in [5.74, 6) is -0.00749. The number of ether oxygens (including phenoxy) is 1. The van der Waals surface area contributed by atoms with Crippen molar-refractivity contribution in [1.29, 1.82) is 0 Å². The van der Waals surface area contributed by atoms with Crippen LogP contribution in [0.25, 0.3) is 22.2 Å². The third-order valence-corrected chi connectivity index (χ3v) is 3.97. The second-order valence-electron chi connectivity index (χ2n) is 5.61. The third-order valence-electron chi connectivity index (χ3n) is 3.97. The summed E-state index contributed by atoms with van der Waals surface area (Å²) in [6.07, 6.45) is 2.58. The fourth-order valence-corrected chi connectivity index (χ4v) is 2.89. The first-order valence-corrected chi connectivity index (χ1v) is 7.45. The standard InChI is InChI=1S/C16H16FN5O/c17-11-5-9(12-1-3-19-22-12)6-13-16(11)14(7-15(18)21-13)20-10-2-4-23-8-10/h1,3,5-7,10H,2,4,8H2,(H,19,22)(H3,18,20,21)/t10-/m0/s1. The van der Waals surface area contributed by atoms with Crippen LogP contribution in [-0.2, 0) is 4.74 Å². The fraction of sp³-hybridized carbons (Fsp3) is 0.250. The maximum Gasteiger partial charge on any atom is 0.135 e. The highest BCUT2D eigenvalue weighted by atomic mass is 19.1. The molecule has 1 fully saturated rings. The van der Waals surface area contributed by atoms with E-state index in [1.165, 1.54) is 6.07 Å². The average molecular weight is 313 g/mol. The van der Waals surface area contributed by atoms with Crippen LogP contribution in [0.5, 0.6) is 0 Å². The molecule has 0 amide bonds. The number of nitrogens with zero attached hydrogens (tertiary/aromatic N) is 2. The number of benzene rings is 1. The van der Waals surface area contributed by atoms with Gasteiger partial charge in [-0.1, -0.05) is 0 Å². The lowest BCUT2D eigenvalue weighted by atomic mass is 10.1. The normalized spacial score (nSPS) is 17.7. The molecule has 1 aromatic carbocycles. The Morgan fingerprint density at radius 1 is 1.35 bits per heavy atom. The zero-order valence-corrected chi connectivity index (χ0v) is 12.3. The molecule has 4 rings (SSSR count). The summed E-state index contributed by atoms with van der Waals surface area (Å²) in [5, 5.41) is 10.6. The van der Waals surface area contributed by atoms with Gasteiger partial charge in [-0.3, -0.25) is 5.10 Å². The van der Waals surface area contributed by atoms with Crippen LogP contribution in [0.2, 0.25) is 0 Å². The van der Waals surface area contributed by atoms with Gasteiger partial charge in [-0.25, -0.2) is 9.37 Å². The number of fused-ring (bicyclic) bond motifs is 1. The van der Waals surface area contributed by atoms with Crippen molar-refractivity contribution in [3.05, 3.63) is 36.3 Å². The number of hydrogen-bond donors (Lipinski definition) is 3. The summed E-state index contributed by atoms with van der Waals surface area (Å²) in [6.45, 7) is 1.32.